The van der Waals surface area contributed by atoms with Crippen LogP contribution in [-0.2, 0) is 4.74 Å². The molecule has 0 radical (unpaired) electrons. The van der Waals surface area contributed by atoms with Crippen molar-refractivity contribution in [2.24, 2.45) is 0 Å². The highest BCUT2D eigenvalue weighted by Gasteiger charge is 1.84. The first-order valence-electron chi connectivity index (χ1n) is 3.65. The van der Waals surface area contributed by atoms with Crippen LogP contribution < -0.4 is 0 Å². The minimum absolute atomic E-state index is 0.786. The monoisotopic (exact) mass is 162 g/mol. The molecule has 0 amide bonds. The van der Waals surface area contributed by atoms with E-state index in [0.717, 1.165) is 18.7 Å². The van der Waals surface area contributed by atoms with Crippen LogP contribution in [0.1, 0.15) is 25.7 Å². The van der Waals surface area contributed by atoms with Gasteiger partial charge in [0.1, 0.15) is 0 Å². The lowest BCUT2D eigenvalue weighted by Gasteiger charge is -1.92. The summed E-state index contributed by atoms with van der Waals surface area (Å²) in [6, 6.07) is 0. The molecule has 0 saturated heterocycles. The van der Waals surface area contributed by atoms with E-state index in [-0.39, 0.29) is 0 Å². The minimum Gasteiger partial charge on any atom is -0.505 e. The van der Waals surface area contributed by atoms with Crippen LogP contribution in [0.3, 0.4) is 0 Å². The summed E-state index contributed by atoms with van der Waals surface area (Å²) in [7, 11) is 1.66. The lowest BCUT2D eigenvalue weighted by molar-refractivity contribution is 0.336. The number of rotatable bonds is 6. The summed E-state index contributed by atoms with van der Waals surface area (Å²) in [5.74, 6) is 0.786. The number of ether oxygens (including phenoxy) is 1. The van der Waals surface area contributed by atoms with Crippen LogP contribution in [0.2, 0.25) is 0 Å². The zero-order chi connectivity index (χ0) is 7.66. The normalized spacial score (nSPS) is 10.6. The van der Waals surface area contributed by atoms with Gasteiger partial charge in [0.15, 0.2) is 0 Å². The molecule has 0 aliphatic carbocycles. The predicted molar refractivity (Wildman–Crippen MR) is 45.3 cm³/mol. The average Bonchev–Trinajstić information content (AvgIpc) is 1.97. The number of unbranched alkanes of at least 4 members (excludes halogenated alkanes) is 3. The Morgan fingerprint density at radius 2 is 2.10 bits per heavy atom. The van der Waals surface area contributed by atoms with E-state index >= 15 is 0 Å². The van der Waals surface area contributed by atoms with Crippen LogP contribution >= 0.6 is 11.6 Å². The van der Waals surface area contributed by atoms with E-state index in [4.69, 9.17) is 16.3 Å². The summed E-state index contributed by atoms with van der Waals surface area (Å²) in [5.41, 5.74) is 0. The molecule has 0 fully saturated rings. The zero-order valence-electron chi connectivity index (χ0n) is 6.48. The molecule has 2 heteroatoms. The maximum atomic E-state index is 5.50. The molecule has 1 nitrogen and oxygen atoms in total. The molecule has 0 aliphatic rings. The van der Waals surface area contributed by atoms with Crippen LogP contribution in [0, 0.1) is 0 Å². The van der Waals surface area contributed by atoms with Crippen molar-refractivity contribution in [1.82, 2.24) is 0 Å². The van der Waals surface area contributed by atoms with E-state index < -0.39 is 0 Å². The van der Waals surface area contributed by atoms with E-state index in [0.29, 0.717) is 0 Å². The Balaban J connectivity index is 2.83. The van der Waals surface area contributed by atoms with Crippen molar-refractivity contribution in [2.45, 2.75) is 25.7 Å². The standard InChI is InChI=1S/C8H15ClO/c1-10-8-6-4-2-3-5-7-9/h6,8H,2-5,7H2,1H3/b8-6+. The summed E-state index contributed by atoms with van der Waals surface area (Å²) in [6.07, 6.45) is 8.42. The molecular weight excluding hydrogens is 148 g/mol. The van der Waals surface area contributed by atoms with Gasteiger partial charge in [-0.05, 0) is 25.3 Å². The molecule has 0 aliphatic heterocycles. The lowest BCUT2D eigenvalue weighted by Crippen LogP contribution is -1.76. The molecule has 0 aromatic carbocycles. The Bertz CT molecular complexity index is 81.3. The number of hydrogen-bond acceptors (Lipinski definition) is 1. The van der Waals surface area contributed by atoms with Gasteiger partial charge in [-0.2, -0.15) is 0 Å². The van der Waals surface area contributed by atoms with Gasteiger partial charge in [-0.3, -0.25) is 0 Å². The van der Waals surface area contributed by atoms with Gasteiger partial charge >= 0.3 is 0 Å². The molecule has 10 heavy (non-hydrogen) atoms. The van der Waals surface area contributed by atoms with E-state index in [1.54, 1.807) is 13.4 Å². The molecular formula is C8H15ClO. The van der Waals surface area contributed by atoms with Gasteiger partial charge in [-0.15, -0.1) is 11.6 Å². The smallest absolute Gasteiger partial charge is 0.0784 e. The fourth-order valence-corrected chi connectivity index (χ4v) is 0.887. The number of hydrogen-bond donors (Lipinski definition) is 0. The van der Waals surface area contributed by atoms with Crippen LogP contribution in [-0.4, -0.2) is 13.0 Å². The second-order valence-corrected chi connectivity index (χ2v) is 2.52. The van der Waals surface area contributed by atoms with Crippen molar-refractivity contribution >= 4 is 11.6 Å². The Morgan fingerprint density at radius 3 is 2.70 bits per heavy atom. The molecule has 0 N–H and O–H groups in total. The van der Waals surface area contributed by atoms with Gasteiger partial charge in [0, 0.05) is 5.88 Å². The van der Waals surface area contributed by atoms with Gasteiger partial charge in [0.2, 0.25) is 0 Å². The number of alkyl halides is 1. The van der Waals surface area contributed by atoms with Crippen molar-refractivity contribution < 1.29 is 4.74 Å². The molecule has 0 atom stereocenters. The van der Waals surface area contributed by atoms with E-state index in [1.165, 1.54) is 12.8 Å². The molecule has 0 heterocycles. The summed E-state index contributed by atoms with van der Waals surface area (Å²) < 4.78 is 4.74. The Hall–Kier alpha value is -0.170. The first-order valence-corrected chi connectivity index (χ1v) is 4.19. The summed E-state index contributed by atoms with van der Waals surface area (Å²) in [5, 5.41) is 0. The third-order valence-corrected chi connectivity index (χ3v) is 1.50. The molecule has 0 unspecified atom stereocenters. The van der Waals surface area contributed by atoms with Crippen LogP contribution in [0.15, 0.2) is 12.3 Å². The summed E-state index contributed by atoms with van der Waals surface area (Å²) in [4.78, 5) is 0. The van der Waals surface area contributed by atoms with Crippen molar-refractivity contribution in [3.63, 3.8) is 0 Å². The zero-order valence-corrected chi connectivity index (χ0v) is 7.23. The molecule has 60 valence electrons. The van der Waals surface area contributed by atoms with Crippen molar-refractivity contribution in [3.05, 3.63) is 12.3 Å². The largest absolute Gasteiger partial charge is 0.505 e. The van der Waals surface area contributed by atoms with Crippen molar-refractivity contribution in [2.75, 3.05) is 13.0 Å². The Kier molecular flexibility index (Phi) is 8.68. The third kappa shape index (κ3) is 7.83. The van der Waals surface area contributed by atoms with Gasteiger partial charge in [0.05, 0.1) is 13.4 Å². The second-order valence-electron chi connectivity index (χ2n) is 2.15. The molecule has 0 saturated carbocycles. The first-order chi connectivity index (χ1) is 4.91. The third-order valence-electron chi connectivity index (χ3n) is 1.24. The SMILES string of the molecule is CO/C=C/CCCCCCl. The van der Waals surface area contributed by atoms with Crippen molar-refractivity contribution in [3.8, 4) is 0 Å². The second kappa shape index (κ2) is 8.83. The van der Waals surface area contributed by atoms with Crippen LogP contribution in [0.4, 0.5) is 0 Å². The first kappa shape index (κ1) is 9.83. The van der Waals surface area contributed by atoms with Gasteiger partial charge < -0.3 is 4.74 Å². The summed E-state index contributed by atoms with van der Waals surface area (Å²) in [6.45, 7) is 0. The van der Waals surface area contributed by atoms with Gasteiger partial charge in [-0.1, -0.05) is 6.42 Å². The van der Waals surface area contributed by atoms with E-state index in [2.05, 4.69) is 0 Å². The highest BCUT2D eigenvalue weighted by atomic mass is 35.5. The fourth-order valence-electron chi connectivity index (χ4n) is 0.698. The number of methoxy groups -OCH3 is 1. The highest BCUT2D eigenvalue weighted by molar-refractivity contribution is 6.17. The minimum atomic E-state index is 0.786. The Labute approximate surface area is 68.0 Å². The predicted octanol–water partition coefficient (Wildman–Crippen LogP) is 2.95. The van der Waals surface area contributed by atoms with Crippen molar-refractivity contribution in [1.29, 1.82) is 0 Å². The van der Waals surface area contributed by atoms with E-state index in [1.807, 2.05) is 6.08 Å². The Morgan fingerprint density at radius 1 is 1.30 bits per heavy atom. The number of allylic oxidation sites excluding steroid dienone is 1. The van der Waals surface area contributed by atoms with E-state index in [9.17, 15) is 0 Å². The highest BCUT2D eigenvalue weighted by Crippen LogP contribution is 2.01. The van der Waals surface area contributed by atoms with Gasteiger partial charge in [-0.25, -0.2) is 0 Å². The maximum absolute atomic E-state index is 5.50. The molecule has 0 bridgehead atoms. The summed E-state index contributed by atoms with van der Waals surface area (Å²) >= 11 is 5.50. The maximum Gasteiger partial charge on any atom is 0.0784 e. The van der Waals surface area contributed by atoms with Crippen LogP contribution in [0.5, 0.6) is 0 Å². The van der Waals surface area contributed by atoms with Crippen LogP contribution in [0.25, 0.3) is 0 Å². The average molecular weight is 163 g/mol. The lowest BCUT2D eigenvalue weighted by atomic mass is 10.2. The number of halogens is 1. The molecule has 0 aromatic heterocycles. The molecule has 0 aromatic rings. The fraction of sp³-hybridized carbons (Fsp3) is 0.750. The molecule has 0 rings (SSSR count). The van der Waals surface area contributed by atoms with Gasteiger partial charge in [0.25, 0.3) is 0 Å². The molecule has 0 spiro atoms. The quantitative estimate of drug-likeness (QED) is 0.332. The topological polar surface area (TPSA) is 9.23 Å².